The largest absolute Gasteiger partial charge is 0.369 e. The van der Waals surface area contributed by atoms with Crippen molar-refractivity contribution in [1.82, 2.24) is 5.43 Å². The van der Waals surface area contributed by atoms with Crippen LogP contribution in [0.15, 0.2) is 0 Å². The molecule has 0 saturated carbocycles. The van der Waals surface area contributed by atoms with E-state index in [1.54, 1.807) is 0 Å². The molecule has 2 unspecified atom stereocenters. The van der Waals surface area contributed by atoms with E-state index in [4.69, 9.17) is 10.6 Å². The molecule has 3 N–H and O–H groups in total. The number of nitrogens with one attached hydrogen (secondary N) is 1. The second-order valence-corrected chi connectivity index (χ2v) is 8.33. The minimum absolute atomic E-state index is 0.0387. The molecule has 6 heteroatoms. The van der Waals surface area contributed by atoms with Crippen LogP contribution in [-0.4, -0.2) is 37.7 Å². The van der Waals surface area contributed by atoms with Gasteiger partial charge in [-0.15, -0.1) is 0 Å². The quantitative estimate of drug-likeness (QED) is 0.569. The van der Waals surface area contributed by atoms with Crippen molar-refractivity contribution < 1.29 is 13.2 Å². The lowest BCUT2D eigenvalue weighted by Gasteiger charge is -2.32. The standard InChI is InChI=1S/C11H24N2O3S/c1-10(2)6-8(11(3,4)16-10)9(13-12)7-17(5,14)15/h8-9,13H,6-7,12H2,1-5H3. The Kier molecular flexibility index (Phi) is 3.94. The summed E-state index contributed by atoms with van der Waals surface area (Å²) in [6.07, 6.45) is 2.02. The van der Waals surface area contributed by atoms with Crippen LogP contribution in [0, 0.1) is 5.92 Å². The predicted molar refractivity (Wildman–Crippen MR) is 68.2 cm³/mol. The van der Waals surface area contributed by atoms with Crippen molar-refractivity contribution in [3.05, 3.63) is 0 Å². The molecular weight excluding hydrogens is 240 g/mol. The van der Waals surface area contributed by atoms with E-state index in [0.29, 0.717) is 0 Å². The van der Waals surface area contributed by atoms with Gasteiger partial charge in [-0.25, -0.2) is 8.42 Å². The number of hydrazine groups is 1. The molecule has 1 fully saturated rings. The molecule has 0 aromatic rings. The SMILES string of the molecule is CC1(C)CC(C(CS(C)(=O)=O)NN)C(C)(C)O1. The van der Waals surface area contributed by atoms with E-state index in [-0.39, 0.29) is 28.9 Å². The molecule has 0 amide bonds. The fraction of sp³-hybridized carbons (Fsp3) is 1.00. The zero-order valence-corrected chi connectivity index (χ0v) is 12.1. The van der Waals surface area contributed by atoms with Gasteiger partial charge >= 0.3 is 0 Å². The molecule has 1 saturated heterocycles. The molecule has 2 atom stereocenters. The van der Waals surface area contributed by atoms with Crippen molar-refractivity contribution in [3.63, 3.8) is 0 Å². The van der Waals surface area contributed by atoms with Crippen LogP contribution >= 0.6 is 0 Å². The third kappa shape index (κ3) is 3.91. The molecule has 0 aromatic heterocycles. The number of hydrogen-bond acceptors (Lipinski definition) is 5. The summed E-state index contributed by atoms with van der Waals surface area (Å²) in [5.74, 6) is 5.62. The third-order valence-electron chi connectivity index (χ3n) is 3.33. The van der Waals surface area contributed by atoms with Crippen LogP contribution in [0.5, 0.6) is 0 Å². The summed E-state index contributed by atoms with van der Waals surface area (Å²) >= 11 is 0. The Labute approximate surface area is 104 Å². The maximum absolute atomic E-state index is 11.4. The van der Waals surface area contributed by atoms with Gasteiger partial charge in [-0.1, -0.05) is 0 Å². The van der Waals surface area contributed by atoms with E-state index in [2.05, 4.69) is 5.43 Å². The summed E-state index contributed by atoms with van der Waals surface area (Å²) in [5, 5.41) is 0. The summed E-state index contributed by atoms with van der Waals surface area (Å²) < 4.78 is 28.7. The lowest BCUT2D eigenvalue weighted by atomic mass is 9.82. The average Bonchev–Trinajstić information content (AvgIpc) is 2.28. The summed E-state index contributed by atoms with van der Waals surface area (Å²) in [6.45, 7) is 8.00. The molecule has 0 aromatic carbocycles. The van der Waals surface area contributed by atoms with Crippen molar-refractivity contribution >= 4 is 9.84 Å². The highest BCUT2D eigenvalue weighted by atomic mass is 32.2. The topological polar surface area (TPSA) is 81.4 Å². The van der Waals surface area contributed by atoms with Crippen LogP contribution in [0.1, 0.15) is 34.1 Å². The highest BCUT2D eigenvalue weighted by molar-refractivity contribution is 7.90. The fourth-order valence-corrected chi connectivity index (χ4v) is 3.82. The van der Waals surface area contributed by atoms with Gasteiger partial charge in [0, 0.05) is 18.2 Å². The molecule has 102 valence electrons. The first-order valence-electron chi connectivity index (χ1n) is 5.81. The molecule has 1 aliphatic heterocycles. The third-order valence-corrected chi connectivity index (χ3v) is 4.29. The second-order valence-electron chi connectivity index (χ2n) is 6.14. The minimum Gasteiger partial charge on any atom is -0.369 e. The molecule has 0 spiro atoms. The monoisotopic (exact) mass is 264 g/mol. The van der Waals surface area contributed by atoms with Gasteiger partial charge in [0.05, 0.1) is 17.0 Å². The van der Waals surface area contributed by atoms with E-state index < -0.39 is 9.84 Å². The first kappa shape index (κ1) is 14.9. The van der Waals surface area contributed by atoms with E-state index >= 15 is 0 Å². The number of hydrogen-bond donors (Lipinski definition) is 2. The molecule has 1 aliphatic rings. The first-order valence-corrected chi connectivity index (χ1v) is 7.87. The number of sulfone groups is 1. The normalized spacial score (nSPS) is 29.2. The van der Waals surface area contributed by atoms with Gasteiger partial charge in [0.25, 0.3) is 0 Å². The zero-order chi connectivity index (χ0) is 13.5. The summed E-state index contributed by atoms with van der Waals surface area (Å²) in [6, 6.07) is -0.276. The number of rotatable bonds is 4. The van der Waals surface area contributed by atoms with Gasteiger partial charge in [-0.2, -0.15) is 0 Å². The van der Waals surface area contributed by atoms with Crippen LogP contribution in [0.4, 0.5) is 0 Å². The van der Waals surface area contributed by atoms with E-state index in [1.165, 1.54) is 6.26 Å². The van der Waals surface area contributed by atoms with E-state index in [0.717, 1.165) is 6.42 Å². The molecule has 5 nitrogen and oxygen atoms in total. The Morgan fingerprint density at radius 2 is 1.94 bits per heavy atom. The molecule has 1 rings (SSSR count). The van der Waals surface area contributed by atoms with Crippen molar-refractivity contribution in [2.24, 2.45) is 11.8 Å². The predicted octanol–water partition coefficient (Wildman–Crippen LogP) is 0.457. The van der Waals surface area contributed by atoms with Crippen LogP contribution in [0.3, 0.4) is 0 Å². The van der Waals surface area contributed by atoms with Gasteiger partial charge in [-0.05, 0) is 34.1 Å². The van der Waals surface area contributed by atoms with Crippen LogP contribution in [0.25, 0.3) is 0 Å². The Morgan fingerprint density at radius 3 is 2.24 bits per heavy atom. The van der Waals surface area contributed by atoms with Gasteiger partial charge < -0.3 is 4.74 Å². The van der Waals surface area contributed by atoms with Gasteiger partial charge in [0.15, 0.2) is 0 Å². The van der Waals surface area contributed by atoms with Crippen LogP contribution in [0.2, 0.25) is 0 Å². The van der Waals surface area contributed by atoms with Gasteiger partial charge in [0.1, 0.15) is 9.84 Å². The highest BCUT2D eigenvalue weighted by Gasteiger charge is 2.49. The van der Waals surface area contributed by atoms with Crippen molar-refractivity contribution in [2.75, 3.05) is 12.0 Å². The van der Waals surface area contributed by atoms with Crippen molar-refractivity contribution in [1.29, 1.82) is 0 Å². The minimum atomic E-state index is -3.06. The average molecular weight is 264 g/mol. The molecule has 0 radical (unpaired) electrons. The number of ether oxygens (including phenoxy) is 1. The van der Waals surface area contributed by atoms with Crippen molar-refractivity contribution in [2.45, 2.75) is 51.4 Å². The zero-order valence-electron chi connectivity index (χ0n) is 11.3. The summed E-state index contributed by atoms with van der Waals surface area (Å²) in [7, 11) is -3.06. The van der Waals surface area contributed by atoms with E-state index in [9.17, 15) is 8.42 Å². The van der Waals surface area contributed by atoms with E-state index in [1.807, 2.05) is 27.7 Å². The second kappa shape index (κ2) is 4.50. The maximum atomic E-state index is 11.4. The molecule has 1 heterocycles. The Hall–Kier alpha value is -0.170. The van der Waals surface area contributed by atoms with Crippen LogP contribution < -0.4 is 11.3 Å². The Morgan fingerprint density at radius 1 is 1.41 bits per heavy atom. The summed E-state index contributed by atoms with van der Waals surface area (Å²) in [4.78, 5) is 0. The highest BCUT2D eigenvalue weighted by Crippen LogP contribution is 2.43. The Balaban J connectivity index is 2.90. The smallest absolute Gasteiger partial charge is 0.149 e. The first-order chi connectivity index (χ1) is 7.47. The van der Waals surface area contributed by atoms with Gasteiger partial charge in [0.2, 0.25) is 0 Å². The number of nitrogens with two attached hydrogens (primary N) is 1. The lowest BCUT2D eigenvalue weighted by molar-refractivity contribution is -0.0770. The maximum Gasteiger partial charge on any atom is 0.149 e. The Bertz CT molecular complexity index is 376. The molecular formula is C11H24N2O3S. The fourth-order valence-electron chi connectivity index (χ4n) is 2.84. The lowest BCUT2D eigenvalue weighted by Crippen LogP contribution is -2.50. The molecule has 0 aliphatic carbocycles. The van der Waals surface area contributed by atoms with Crippen molar-refractivity contribution in [3.8, 4) is 0 Å². The van der Waals surface area contributed by atoms with Crippen LogP contribution in [-0.2, 0) is 14.6 Å². The summed E-state index contributed by atoms with van der Waals surface area (Å²) in [5.41, 5.74) is 2.03. The van der Waals surface area contributed by atoms with Gasteiger partial charge in [-0.3, -0.25) is 11.3 Å². The molecule has 17 heavy (non-hydrogen) atoms. The molecule has 0 bridgehead atoms.